The van der Waals surface area contributed by atoms with Gasteiger partial charge in [0.05, 0.1) is 10.6 Å². The van der Waals surface area contributed by atoms with E-state index in [2.05, 4.69) is 5.32 Å². The highest BCUT2D eigenvalue weighted by Gasteiger charge is 2.31. The summed E-state index contributed by atoms with van der Waals surface area (Å²) >= 11 is 5.74. The molecule has 0 spiro atoms. The molecular formula is C12H15Cl2FN2O. The van der Waals surface area contributed by atoms with Gasteiger partial charge in [-0.1, -0.05) is 17.7 Å². The molecule has 1 fully saturated rings. The van der Waals surface area contributed by atoms with E-state index >= 15 is 0 Å². The lowest BCUT2D eigenvalue weighted by Gasteiger charge is -2.16. The minimum absolute atomic E-state index is 0. The highest BCUT2D eigenvalue weighted by molar-refractivity contribution is 6.34. The molecule has 1 atom stereocenters. The van der Waals surface area contributed by atoms with E-state index in [1.54, 1.807) is 0 Å². The summed E-state index contributed by atoms with van der Waals surface area (Å²) in [5.41, 5.74) is 5.74. The predicted octanol–water partition coefficient (Wildman–Crippen LogP) is 2.37. The number of halogens is 3. The van der Waals surface area contributed by atoms with Crippen LogP contribution in [0.3, 0.4) is 0 Å². The summed E-state index contributed by atoms with van der Waals surface area (Å²) in [5.74, 6) is -0.497. The number of nitrogens with one attached hydrogen (secondary N) is 1. The van der Waals surface area contributed by atoms with Gasteiger partial charge in [-0.25, -0.2) is 4.39 Å². The van der Waals surface area contributed by atoms with E-state index in [0.29, 0.717) is 12.5 Å². The van der Waals surface area contributed by atoms with Gasteiger partial charge in [-0.05, 0) is 30.9 Å². The lowest BCUT2D eigenvalue weighted by Crippen LogP contribution is -2.41. The molecule has 18 heavy (non-hydrogen) atoms. The monoisotopic (exact) mass is 292 g/mol. The fourth-order valence-corrected chi connectivity index (χ4v) is 2.00. The van der Waals surface area contributed by atoms with Crippen molar-refractivity contribution in [2.45, 2.75) is 18.9 Å². The maximum atomic E-state index is 13.2. The standard InChI is InChI=1S/C12H14ClFN2O.ClH/c13-11-8(2-1-3-9(11)14)12(17)16-10(6-15)7-4-5-7;/h1-3,7,10H,4-6,15H2,(H,16,17);1H. The van der Waals surface area contributed by atoms with Crippen molar-refractivity contribution in [3.8, 4) is 0 Å². The number of hydrogen-bond acceptors (Lipinski definition) is 2. The summed E-state index contributed by atoms with van der Waals surface area (Å²) in [4.78, 5) is 11.9. The molecule has 0 aromatic heterocycles. The minimum Gasteiger partial charge on any atom is -0.348 e. The maximum absolute atomic E-state index is 13.2. The van der Waals surface area contributed by atoms with Crippen LogP contribution in [-0.2, 0) is 0 Å². The van der Waals surface area contributed by atoms with Crippen molar-refractivity contribution in [1.29, 1.82) is 0 Å². The van der Waals surface area contributed by atoms with Crippen molar-refractivity contribution in [1.82, 2.24) is 5.32 Å². The molecule has 3 nitrogen and oxygen atoms in total. The molecule has 1 saturated carbocycles. The smallest absolute Gasteiger partial charge is 0.253 e. The average molecular weight is 293 g/mol. The molecule has 6 heteroatoms. The van der Waals surface area contributed by atoms with Gasteiger partial charge in [0, 0.05) is 12.6 Å². The number of amides is 1. The summed E-state index contributed by atoms with van der Waals surface area (Å²) in [7, 11) is 0. The van der Waals surface area contributed by atoms with E-state index in [0.717, 1.165) is 12.8 Å². The zero-order valence-electron chi connectivity index (χ0n) is 9.66. The second-order valence-electron chi connectivity index (χ2n) is 4.25. The molecule has 0 aliphatic heterocycles. The summed E-state index contributed by atoms with van der Waals surface area (Å²) in [6.45, 7) is 0.392. The van der Waals surface area contributed by atoms with Gasteiger partial charge in [-0.2, -0.15) is 0 Å². The second-order valence-corrected chi connectivity index (χ2v) is 4.63. The average Bonchev–Trinajstić information content (AvgIpc) is 3.13. The molecule has 1 amide bonds. The summed E-state index contributed by atoms with van der Waals surface area (Å²) in [6.07, 6.45) is 2.16. The number of carbonyl (C=O) groups excluding carboxylic acids is 1. The Kier molecular flexibility index (Phi) is 5.38. The van der Waals surface area contributed by atoms with Crippen LogP contribution in [0.15, 0.2) is 18.2 Å². The first-order chi connectivity index (χ1) is 8.13. The van der Waals surface area contributed by atoms with Gasteiger partial charge in [-0.3, -0.25) is 4.79 Å². The lowest BCUT2D eigenvalue weighted by atomic mass is 10.1. The number of benzene rings is 1. The van der Waals surface area contributed by atoms with Crippen LogP contribution >= 0.6 is 24.0 Å². The third-order valence-electron chi connectivity index (χ3n) is 2.96. The van der Waals surface area contributed by atoms with Crippen LogP contribution < -0.4 is 11.1 Å². The van der Waals surface area contributed by atoms with E-state index in [4.69, 9.17) is 17.3 Å². The first-order valence-corrected chi connectivity index (χ1v) is 5.96. The topological polar surface area (TPSA) is 55.1 Å². The molecule has 1 aliphatic carbocycles. The first-order valence-electron chi connectivity index (χ1n) is 5.58. The van der Waals surface area contributed by atoms with Crippen LogP contribution in [0, 0.1) is 11.7 Å². The van der Waals surface area contributed by atoms with E-state index in [1.807, 2.05) is 0 Å². The van der Waals surface area contributed by atoms with Crippen molar-refractivity contribution in [2.24, 2.45) is 11.7 Å². The predicted molar refractivity (Wildman–Crippen MR) is 71.7 cm³/mol. The highest BCUT2D eigenvalue weighted by Crippen LogP contribution is 2.32. The van der Waals surface area contributed by atoms with E-state index in [9.17, 15) is 9.18 Å². The number of carbonyl (C=O) groups is 1. The molecule has 0 heterocycles. The molecule has 1 aromatic rings. The molecular weight excluding hydrogens is 278 g/mol. The van der Waals surface area contributed by atoms with Gasteiger partial charge in [-0.15, -0.1) is 12.4 Å². The van der Waals surface area contributed by atoms with Crippen molar-refractivity contribution in [3.63, 3.8) is 0 Å². The van der Waals surface area contributed by atoms with Crippen LogP contribution in [0.2, 0.25) is 5.02 Å². The number of rotatable bonds is 4. The van der Waals surface area contributed by atoms with Crippen molar-refractivity contribution < 1.29 is 9.18 Å². The quantitative estimate of drug-likeness (QED) is 0.895. The molecule has 1 aliphatic rings. The molecule has 0 bridgehead atoms. The Hall–Kier alpha value is -0.840. The largest absolute Gasteiger partial charge is 0.348 e. The Balaban J connectivity index is 0.00000162. The summed E-state index contributed by atoms with van der Waals surface area (Å²) < 4.78 is 13.2. The maximum Gasteiger partial charge on any atom is 0.253 e. The van der Waals surface area contributed by atoms with Crippen molar-refractivity contribution in [3.05, 3.63) is 34.6 Å². The van der Waals surface area contributed by atoms with E-state index in [1.165, 1.54) is 18.2 Å². The van der Waals surface area contributed by atoms with Gasteiger partial charge in [0.25, 0.3) is 5.91 Å². The molecule has 100 valence electrons. The zero-order chi connectivity index (χ0) is 12.4. The molecule has 2 rings (SSSR count). The fourth-order valence-electron chi connectivity index (χ4n) is 1.79. The Labute approximate surface area is 116 Å². The summed E-state index contributed by atoms with van der Waals surface area (Å²) in [6, 6.07) is 4.15. The molecule has 0 saturated heterocycles. The van der Waals surface area contributed by atoms with Crippen LogP contribution in [0.4, 0.5) is 4.39 Å². The Morgan fingerprint density at radius 2 is 2.22 bits per heavy atom. The van der Waals surface area contributed by atoms with Crippen LogP contribution in [0.5, 0.6) is 0 Å². The van der Waals surface area contributed by atoms with Crippen LogP contribution in [0.25, 0.3) is 0 Å². The molecule has 3 N–H and O–H groups in total. The third kappa shape index (κ3) is 3.34. The van der Waals surface area contributed by atoms with Crippen molar-refractivity contribution >= 4 is 29.9 Å². The normalized spacial score (nSPS) is 15.7. The van der Waals surface area contributed by atoms with Gasteiger partial charge in [0.2, 0.25) is 0 Å². The lowest BCUT2D eigenvalue weighted by molar-refractivity contribution is 0.0933. The molecule has 0 radical (unpaired) electrons. The zero-order valence-corrected chi connectivity index (χ0v) is 11.2. The SMILES string of the molecule is Cl.NCC(NC(=O)c1cccc(F)c1Cl)C1CC1. The fraction of sp³-hybridized carbons (Fsp3) is 0.417. The van der Waals surface area contributed by atoms with Crippen LogP contribution in [0.1, 0.15) is 23.2 Å². The Bertz CT molecular complexity index is 438. The van der Waals surface area contributed by atoms with Gasteiger partial charge in [0.15, 0.2) is 0 Å². The van der Waals surface area contributed by atoms with E-state index < -0.39 is 5.82 Å². The van der Waals surface area contributed by atoms with Gasteiger partial charge >= 0.3 is 0 Å². The Morgan fingerprint density at radius 3 is 2.78 bits per heavy atom. The second kappa shape index (κ2) is 6.36. The van der Waals surface area contributed by atoms with Crippen molar-refractivity contribution in [2.75, 3.05) is 6.54 Å². The number of nitrogens with two attached hydrogens (primary N) is 1. The Morgan fingerprint density at radius 1 is 1.56 bits per heavy atom. The molecule has 1 unspecified atom stereocenters. The minimum atomic E-state index is -0.588. The number of hydrogen-bond donors (Lipinski definition) is 2. The van der Waals surface area contributed by atoms with Crippen LogP contribution in [-0.4, -0.2) is 18.5 Å². The third-order valence-corrected chi connectivity index (χ3v) is 3.34. The summed E-state index contributed by atoms with van der Waals surface area (Å²) in [5, 5.41) is 2.66. The van der Waals surface area contributed by atoms with Gasteiger partial charge < -0.3 is 11.1 Å². The highest BCUT2D eigenvalue weighted by atomic mass is 35.5. The van der Waals surface area contributed by atoms with Gasteiger partial charge in [0.1, 0.15) is 5.82 Å². The molecule has 1 aromatic carbocycles. The van der Waals surface area contributed by atoms with E-state index in [-0.39, 0.29) is 34.9 Å². The first kappa shape index (κ1) is 15.2.